The number of amides is 2. The van der Waals surface area contributed by atoms with Crippen LogP contribution >= 0.6 is 0 Å². The lowest BCUT2D eigenvalue weighted by atomic mass is 9.93. The van der Waals surface area contributed by atoms with Crippen LogP contribution in [0.1, 0.15) is 42.5 Å². The van der Waals surface area contributed by atoms with Gasteiger partial charge in [0.1, 0.15) is 5.69 Å². The zero-order chi connectivity index (χ0) is 27.1. The summed E-state index contributed by atoms with van der Waals surface area (Å²) in [6.07, 6.45) is 3.95. The van der Waals surface area contributed by atoms with E-state index < -0.39 is 26.5 Å². The Morgan fingerprint density at radius 3 is 2.34 bits per heavy atom. The van der Waals surface area contributed by atoms with Gasteiger partial charge in [0.15, 0.2) is 0 Å². The van der Waals surface area contributed by atoms with Crippen molar-refractivity contribution in [3.63, 3.8) is 0 Å². The van der Waals surface area contributed by atoms with Gasteiger partial charge in [0, 0.05) is 50.9 Å². The number of hydrogen-bond acceptors (Lipinski definition) is 8. The van der Waals surface area contributed by atoms with Gasteiger partial charge in [0.25, 0.3) is 21.6 Å². The second-order valence-electron chi connectivity index (χ2n) is 9.70. The maximum Gasteiger partial charge on any atom is 0.293 e. The van der Waals surface area contributed by atoms with E-state index in [-0.39, 0.29) is 28.0 Å². The summed E-state index contributed by atoms with van der Waals surface area (Å²) >= 11 is 0. The molecule has 12 heteroatoms. The van der Waals surface area contributed by atoms with Crippen molar-refractivity contribution in [2.45, 2.75) is 37.0 Å². The fraction of sp³-hybridized carbons (Fsp3) is 0.462. The first-order valence-electron chi connectivity index (χ1n) is 12.7. The smallest absolute Gasteiger partial charge is 0.293 e. The molecule has 38 heavy (non-hydrogen) atoms. The molecule has 0 bridgehead atoms. The van der Waals surface area contributed by atoms with E-state index in [1.54, 1.807) is 18.2 Å². The Labute approximate surface area is 221 Å². The molecular weight excluding hydrogens is 512 g/mol. The third-order valence-electron chi connectivity index (χ3n) is 7.09. The monoisotopic (exact) mass is 544 g/mol. The van der Waals surface area contributed by atoms with Crippen LogP contribution in [-0.2, 0) is 19.6 Å². The van der Waals surface area contributed by atoms with Crippen LogP contribution in [0.5, 0.6) is 0 Å². The average molecular weight is 545 g/mol. The number of sulfonamides is 1. The number of nitro groups is 1. The standard InChI is InChI=1S/C26H32N4O7S/c31-25(16-19-10-14-37-15-11-19)29-12-8-20(9-13-29)18-27-23-7-6-22(17-24(23)30(33)34)38(35,36)28-26(32)21-4-2-1-3-5-21/h1-7,17,19-20,27H,8-16,18H2,(H,28,32). The Morgan fingerprint density at radius 1 is 1.00 bits per heavy atom. The molecule has 2 aromatic rings. The van der Waals surface area contributed by atoms with E-state index in [9.17, 15) is 28.1 Å². The molecule has 204 valence electrons. The molecule has 0 atom stereocenters. The number of likely N-dealkylation sites (tertiary alicyclic amines) is 1. The third-order valence-corrected chi connectivity index (χ3v) is 8.42. The Kier molecular flexibility index (Phi) is 8.95. The number of hydrogen-bond donors (Lipinski definition) is 2. The van der Waals surface area contributed by atoms with E-state index in [2.05, 4.69) is 5.32 Å². The van der Waals surface area contributed by atoms with Crippen molar-refractivity contribution >= 4 is 33.2 Å². The molecule has 4 rings (SSSR count). The lowest BCUT2D eigenvalue weighted by Gasteiger charge is -2.33. The number of rotatable bonds is 9. The molecule has 2 heterocycles. The van der Waals surface area contributed by atoms with Gasteiger partial charge in [-0.2, -0.15) is 0 Å². The first-order valence-corrected chi connectivity index (χ1v) is 14.2. The van der Waals surface area contributed by atoms with Crippen LogP contribution in [0.2, 0.25) is 0 Å². The molecule has 11 nitrogen and oxygen atoms in total. The Balaban J connectivity index is 1.33. The first-order chi connectivity index (χ1) is 18.2. The van der Waals surface area contributed by atoms with Crippen molar-refractivity contribution < 1.29 is 27.7 Å². The SMILES string of the molecule is O=C(NS(=O)(=O)c1ccc(NCC2CCN(C(=O)CC3CCOCC3)CC2)c([N+](=O)[O-])c1)c1ccccc1. The average Bonchev–Trinajstić information content (AvgIpc) is 2.92. The summed E-state index contributed by atoms with van der Waals surface area (Å²) in [4.78, 5) is 37.5. The number of nitrogens with one attached hydrogen (secondary N) is 2. The van der Waals surface area contributed by atoms with Crippen LogP contribution in [0.15, 0.2) is 53.4 Å². The van der Waals surface area contributed by atoms with E-state index in [4.69, 9.17) is 4.74 Å². The molecule has 2 aliphatic rings. The Morgan fingerprint density at radius 2 is 1.68 bits per heavy atom. The van der Waals surface area contributed by atoms with Gasteiger partial charge in [-0.05, 0) is 61.8 Å². The van der Waals surface area contributed by atoms with Crippen molar-refractivity contribution in [2.75, 3.05) is 38.2 Å². The van der Waals surface area contributed by atoms with Gasteiger partial charge in [-0.1, -0.05) is 18.2 Å². The minimum Gasteiger partial charge on any atom is -0.381 e. The maximum absolute atomic E-state index is 12.7. The van der Waals surface area contributed by atoms with Gasteiger partial charge >= 0.3 is 0 Å². The molecule has 0 radical (unpaired) electrons. The van der Waals surface area contributed by atoms with Crippen molar-refractivity contribution in [1.29, 1.82) is 0 Å². The minimum atomic E-state index is -4.32. The summed E-state index contributed by atoms with van der Waals surface area (Å²) in [5, 5.41) is 14.8. The van der Waals surface area contributed by atoms with E-state index in [0.29, 0.717) is 45.2 Å². The fourth-order valence-corrected chi connectivity index (χ4v) is 5.77. The Bertz CT molecular complexity index is 1260. The lowest BCUT2D eigenvalue weighted by molar-refractivity contribution is -0.384. The minimum absolute atomic E-state index is 0.153. The van der Waals surface area contributed by atoms with Crippen LogP contribution in [0.4, 0.5) is 11.4 Å². The number of anilines is 1. The number of carbonyl (C=O) groups excluding carboxylic acids is 2. The highest BCUT2D eigenvalue weighted by Gasteiger charge is 2.27. The van der Waals surface area contributed by atoms with Crippen LogP contribution in [-0.4, -0.2) is 62.9 Å². The molecule has 0 spiro atoms. The number of piperidine rings is 1. The van der Waals surface area contributed by atoms with Gasteiger partial charge in [-0.3, -0.25) is 19.7 Å². The predicted molar refractivity (Wildman–Crippen MR) is 140 cm³/mol. The quantitative estimate of drug-likeness (QED) is 0.361. The van der Waals surface area contributed by atoms with E-state index in [0.717, 1.165) is 31.7 Å². The summed E-state index contributed by atoms with van der Waals surface area (Å²) < 4.78 is 32.7. The maximum atomic E-state index is 12.7. The van der Waals surface area contributed by atoms with Gasteiger partial charge < -0.3 is 15.0 Å². The largest absolute Gasteiger partial charge is 0.381 e. The van der Waals surface area contributed by atoms with Crippen molar-refractivity contribution in [1.82, 2.24) is 9.62 Å². The summed E-state index contributed by atoms with van der Waals surface area (Å²) in [5.41, 5.74) is -0.0503. The van der Waals surface area contributed by atoms with Crippen LogP contribution in [0, 0.1) is 22.0 Å². The third kappa shape index (κ3) is 7.07. The van der Waals surface area contributed by atoms with E-state index in [1.165, 1.54) is 24.3 Å². The summed E-state index contributed by atoms with van der Waals surface area (Å²) in [7, 11) is -4.32. The highest BCUT2D eigenvalue weighted by molar-refractivity contribution is 7.90. The number of ether oxygens (including phenoxy) is 1. The second kappa shape index (κ2) is 12.4. The predicted octanol–water partition coefficient (Wildman–Crippen LogP) is 3.18. The normalized spacial score (nSPS) is 17.1. The van der Waals surface area contributed by atoms with Crippen molar-refractivity contribution in [2.24, 2.45) is 11.8 Å². The molecule has 2 aliphatic heterocycles. The topological polar surface area (TPSA) is 148 Å². The van der Waals surface area contributed by atoms with E-state index in [1.807, 2.05) is 9.62 Å². The molecule has 2 fully saturated rings. The molecule has 0 saturated carbocycles. The van der Waals surface area contributed by atoms with Crippen molar-refractivity contribution in [3.8, 4) is 0 Å². The number of carbonyl (C=O) groups is 2. The number of nitrogens with zero attached hydrogens (tertiary/aromatic N) is 2. The van der Waals surface area contributed by atoms with Gasteiger partial charge in [0.05, 0.1) is 9.82 Å². The first kappa shape index (κ1) is 27.5. The summed E-state index contributed by atoms with van der Waals surface area (Å²) in [5.74, 6) is -0.0481. The highest BCUT2D eigenvalue weighted by Crippen LogP contribution is 2.29. The van der Waals surface area contributed by atoms with Crippen LogP contribution in [0.3, 0.4) is 0 Å². The molecule has 0 unspecified atom stereocenters. The molecule has 0 aromatic heterocycles. The molecule has 0 aliphatic carbocycles. The molecule has 2 N–H and O–H groups in total. The van der Waals surface area contributed by atoms with Crippen molar-refractivity contribution in [3.05, 3.63) is 64.2 Å². The van der Waals surface area contributed by atoms with Crippen LogP contribution < -0.4 is 10.0 Å². The molecular formula is C26H32N4O7S. The zero-order valence-electron chi connectivity index (χ0n) is 21.0. The van der Waals surface area contributed by atoms with Gasteiger partial charge in [-0.25, -0.2) is 13.1 Å². The van der Waals surface area contributed by atoms with Gasteiger partial charge in [0.2, 0.25) is 5.91 Å². The summed E-state index contributed by atoms with van der Waals surface area (Å²) in [6, 6.07) is 11.3. The highest BCUT2D eigenvalue weighted by atomic mass is 32.2. The lowest BCUT2D eigenvalue weighted by Crippen LogP contribution is -2.40. The molecule has 2 aromatic carbocycles. The van der Waals surface area contributed by atoms with Crippen LogP contribution in [0.25, 0.3) is 0 Å². The zero-order valence-corrected chi connectivity index (χ0v) is 21.8. The summed E-state index contributed by atoms with van der Waals surface area (Å²) in [6.45, 7) is 3.18. The molecule has 2 saturated heterocycles. The Hall–Kier alpha value is -3.51. The number of nitro benzene ring substituents is 1. The fourth-order valence-electron chi connectivity index (χ4n) is 4.78. The molecule has 2 amide bonds. The second-order valence-corrected chi connectivity index (χ2v) is 11.4. The van der Waals surface area contributed by atoms with Gasteiger partial charge in [-0.15, -0.1) is 0 Å². The number of benzene rings is 2. The van der Waals surface area contributed by atoms with E-state index >= 15 is 0 Å².